The van der Waals surface area contributed by atoms with Crippen LogP contribution >= 0.6 is 0 Å². The van der Waals surface area contributed by atoms with Crippen molar-refractivity contribution in [3.05, 3.63) is 28.5 Å². The molecule has 1 amide bonds. The average molecular weight is 408 g/mol. The highest BCUT2D eigenvalue weighted by molar-refractivity contribution is 5.70. The Balaban J connectivity index is 1.63. The smallest absolute Gasteiger partial charge is 0.441 e. The largest absolute Gasteiger partial charge is 0.444 e. The summed E-state index contributed by atoms with van der Waals surface area (Å²) in [6, 6.07) is -0.0722. The fourth-order valence-electron chi connectivity index (χ4n) is 4.06. The highest BCUT2D eigenvalue weighted by atomic mass is 16.6. The van der Waals surface area contributed by atoms with E-state index in [-0.39, 0.29) is 23.9 Å². The number of carbonyl (C=O) groups excluding carboxylic acids is 1. The van der Waals surface area contributed by atoms with Gasteiger partial charge in [-0.3, -0.25) is 14.0 Å². The normalized spacial score (nSPS) is 24.5. The number of ether oxygens (including phenoxy) is 2. The maximum atomic E-state index is 12.7. The van der Waals surface area contributed by atoms with Crippen molar-refractivity contribution < 1.29 is 18.8 Å². The standard InChI is InChI=1S/C21H33N3O5/c1-20(2,3)28-19(26)24-16(14-27-21(24,4)5)12-7-6-10-15-11-8-9-13-17-22-29-18(25)23(15)17/h7,12,15-16H,6,8-11,13-14H2,1-5H3/t15?,16-/m0/s1. The number of amides is 1. The second kappa shape index (κ2) is 8.34. The summed E-state index contributed by atoms with van der Waals surface area (Å²) in [5.74, 6) is 0.390. The van der Waals surface area contributed by atoms with E-state index in [4.69, 9.17) is 14.0 Å². The lowest BCUT2D eigenvalue weighted by atomic mass is 10.0. The maximum Gasteiger partial charge on any atom is 0.441 e. The van der Waals surface area contributed by atoms with Crippen LogP contribution in [-0.4, -0.2) is 44.7 Å². The number of nitrogens with zero attached hydrogens (tertiary/aromatic N) is 3. The van der Waals surface area contributed by atoms with Crippen LogP contribution in [0.5, 0.6) is 0 Å². The first-order valence-electron chi connectivity index (χ1n) is 10.5. The monoisotopic (exact) mass is 407 g/mol. The zero-order chi connectivity index (χ0) is 21.2. The summed E-state index contributed by atoms with van der Waals surface area (Å²) in [6.07, 6.45) is 9.16. The minimum absolute atomic E-state index is 0.106. The lowest BCUT2D eigenvalue weighted by Crippen LogP contribution is -2.49. The lowest BCUT2D eigenvalue weighted by Gasteiger charge is -2.34. The van der Waals surface area contributed by atoms with Gasteiger partial charge in [-0.05, 0) is 60.3 Å². The van der Waals surface area contributed by atoms with Gasteiger partial charge in [0.15, 0.2) is 5.82 Å². The van der Waals surface area contributed by atoms with Crippen molar-refractivity contribution in [2.75, 3.05) is 6.61 Å². The summed E-state index contributed by atoms with van der Waals surface area (Å²) in [7, 11) is 0. The van der Waals surface area contributed by atoms with E-state index < -0.39 is 11.3 Å². The molecule has 3 heterocycles. The molecule has 0 radical (unpaired) electrons. The van der Waals surface area contributed by atoms with Gasteiger partial charge in [0.1, 0.15) is 11.3 Å². The van der Waals surface area contributed by atoms with Gasteiger partial charge in [-0.2, -0.15) is 0 Å². The van der Waals surface area contributed by atoms with Gasteiger partial charge in [-0.1, -0.05) is 23.7 Å². The van der Waals surface area contributed by atoms with Crippen LogP contribution in [0.25, 0.3) is 0 Å². The molecule has 1 saturated heterocycles. The molecular weight excluding hydrogens is 374 g/mol. The van der Waals surface area contributed by atoms with E-state index in [0.29, 0.717) is 6.61 Å². The quantitative estimate of drug-likeness (QED) is 0.706. The van der Waals surface area contributed by atoms with Crippen LogP contribution in [0.15, 0.2) is 21.5 Å². The molecule has 162 valence electrons. The Bertz CT molecular complexity index is 802. The van der Waals surface area contributed by atoms with Gasteiger partial charge in [0.25, 0.3) is 0 Å². The Hall–Kier alpha value is -2.09. The van der Waals surface area contributed by atoms with Crippen molar-refractivity contribution in [3.63, 3.8) is 0 Å². The van der Waals surface area contributed by atoms with Crippen LogP contribution in [-0.2, 0) is 15.9 Å². The van der Waals surface area contributed by atoms with Crippen molar-refractivity contribution in [1.29, 1.82) is 0 Å². The number of hydrogen-bond acceptors (Lipinski definition) is 6. The second-order valence-corrected chi connectivity index (χ2v) is 9.32. The molecule has 0 bridgehead atoms. The fraction of sp³-hybridized carbons (Fsp3) is 0.762. The molecule has 0 spiro atoms. The molecule has 1 aromatic heterocycles. The molecule has 0 aliphatic carbocycles. The molecular formula is C21H33N3O5. The Morgan fingerprint density at radius 2 is 2.10 bits per heavy atom. The summed E-state index contributed by atoms with van der Waals surface area (Å²) >= 11 is 0. The zero-order valence-corrected chi connectivity index (χ0v) is 18.1. The minimum atomic E-state index is -0.719. The third-order valence-electron chi connectivity index (χ3n) is 5.39. The van der Waals surface area contributed by atoms with Gasteiger partial charge in [0, 0.05) is 12.5 Å². The molecule has 2 atom stereocenters. The zero-order valence-electron chi connectivity index (χ0n) is 18.1. The average Bonchev–Trinajstić information content (AvgIpc) is 3.03. The number of fused-ring (bicyclic) bond motifs is 1. The maximum absolute atomic E-state index is 12.7. The number of hydrogen-bond donors (Lipinski definition) is 0. The molecule has 1 fully saturated rings. The van der Waals surface area contributed by atoms with Crippen molar-refractivity contribution in [2.24, 2.45) is 0 Å². The summed E-state index contributed by atoms with van der Waals surface area (Å²) in [5.41, 5.74) is -1.28. The van der Waals surface area contributed by atoms with Gasteiger partial charge in [-0.25, -0.2) is 9.59 Å². The van der Waals surface area contributed by atoms with Crippen LogP contribution < -0.4 is 5.76 Å². The predicted molar refractivity (Wildman–Crippen MR) is 108 cm³/mol. The second-order valence-electron chi connectivity index (χ2n) is 9.32. The molecule has 8 heteroatoms. The summed E-state index contributed by atoms with van der Waals surface area (Å²) in [4.78, 5) is 26.4. The fourth-order valence-corrected chi connectivity index (χ4v) is 4.06. The molecule has 2 aliphatic heterocycles. The van der Waals surface area contributed by atoms with Gasteiger partial charge in [0.05, 0.1) is 12.6 Å². The van der Waals surface area contributed by atoms with E-state index in [9.17, 15) is 9.59 Å². The van der Waals surface area contributed by atoms with Gasteiger partial charge in [-0.15, -0.1) is 0 Å². The van der Waals surface area contributed by atoms with E-state index in [1.165, 1.54) is 0 Å². The predicted octanol–water partition coefficient (Wildman–Crippen LogP) is 3.81. The number of allylic oxidation sites excluding steroid dienone is 1. The van der Waals surface area contributed by atoms with Crippen LogP contribution in [0, 0.1) is 0 Å². The van der Waals surface area contributed by atoms with E-state index in [2.05, 4.69) is 11.2 Å². The molecule has 8 nitrogen and oxygen atoms in total. The van der Waals surface area contributed by atoms with E-state index in [1.807, 2.05) is 40.7 Å². The molecule has 29 heavy (non-hydrogen) atoms. The first-order valence-corrected chi connectivity index (χ1v) is 10.5. The van der Waals surface area contributed by atoms with Crippen LogP contribution in [0.4, 0.5) is 4.79 Å². The number of rotatable bonds is 4. The first kappa shape index (κ1) is 21.6. The SMILES string of the molecule is CC(C)(C)OC(=O)N1[C@@H](C=CCCC2CCCCc3noc(=O)n32)COC1(C)C. The minimum Gasteiger partial charge on any atom is -0.444 e. The van der Waals surface area contributed by atoms with Crippen molar-refractivity contribution in [1.82, 2.24) is 14.6 Å². The highest BCUT2D eigenvalue weighted by Crippen LogP contribution is 2.30. The van der Waals surface area contributed by atoms with Crippen LogP contribution in [0.2, 0.25) is 0 Å². The van der Waals surface area contributed by atoms with Gasteiger partial charge >= 0.3 is 11.8 Å². The third kappa shape index (κ3) is 5.10. The summed E-state index contributed by atoms with van der Waals surface area (Å²) in [6.45, 7) is 9.74. The van der Waals surface area contributed by atoms with Gasteiger partial charge < -0.3 is 9.47 Å². The van der Waals surface area contributed by atoms with Crippen LogP contribution in [0.1, 0.15) is 78.6 Å². The van der Waals surface area contributed by atoms with E-state index >= 15 is 0 Å². The Morgan fingerprint density at radius 1 is 1.34 bits per heavy atom. The first-order chi connectivity index (χ1) is 13.6. The van der Waals surface area contributed by atoms with E-state index in [1.54, 1.807) is 9.47 Å². The molecule has 0 saturated carbocycles. The summed E-state index contributed by atoms with van der Waals surface area (Å²) in [5, 5.41) is 3.92. The molecule has 1 aromatic rings. The molecule has 2 aliphatic rings. The van der Waals surface area contributed by atoms with Crippen molar-refractivity contribution in [2.45, 2.75) is 96.6 Å². The van der Waals surface area contributed by atoms with Gasteiger partial charge in [0.2, 0.25) is 0 Å². The Labute approximate surface area is 171 Å². The Kier molecular flexibility index (Phi) is 6.22. The van der Waals surface area contributed by atoms with Crippen molar-refractivity contribution in [3.8, 4) is 0 Å². The third-order valence-corrected chi connectivity index (χ3v) is 5.39. The van der Waals surface area contributed by atoms with Crippen LogP contribution in [0.3, 0.4) is 0 Å². The Morgan fingerprint density at radius 3 is 2.83 bits per heavy atom. The van der Waals surface area contributed by atoms with Crippen molar-refractivity contribution >= 4 is 6.09 Å². The number of aromatic nitrogens is 2. The van der Waals surface area contributed by atoms with E-state index in [0.717, 1.165) is 44.3 Å². The molecule has 0 aromatic carbocycles. The number of carbonyl (C=O) groups is 1. The highest BCUT2D eigenvalue weighted by Gasteiger charge is 2.44. The molecule has 1 unspecified atom stereocenters. The molecule has 3 rings (SSSR count). The topological polar surface area (TPSA) is 86.8 Å². The lowest BCUT2D eigenvalue weighted by molar-refractivity contribution is -0.0610. The molecule has 0 N–H and O–H groups in total. The number of aryl methyl sites for hydroxylation is 1. The summed E-state index contributed by atoms with van der Waals surface area (Å²) < 4.78 is 18.0.